The van der Waals surface area contributed by atoms with E-state index in [-0.39, 0.29) is 6.10 Å². The number of nitrogens with zero attached hydrogens (tertiary/aromatic N) is 1. The van der Waals surface area contributed by atoms with E-state index in [0.29, 0.717) is 13.2 Å². The van der Waals surface area contributed by atoms with Gasteiger partial charge in [-0.3, -0.25) is 0 Å². The third kappa shape index (κ3) is 2.25. The summed E-state index contributed by atoms with van der Waals surface area (Å²) in [4.78, 5) is 2.39. The van der Waals surface area contributed by atoms with Gasteiger partial charge in [0.15, 0.2) is 17.6 Å². The molecule has 1 fully saturated rings. The zero-order chi connectivity index (χ0) is 12.4. The second-order valence-corrected chi connectivity index (χ2v) is 4.83. The Hall–Kier alpha value is -1.42. The summed E-state index contributed by atoms with van der Waals surface area (Å²) in [6.07, 6.45) is 2.55. The third-order valence-corrected chi connectivity index (χ3v) is 3.47. The van der Waals surface area contributed by atoms with Crippen LogP contribution in [0.3, 0.4) is 0 Å². The maximum absolute atomic E-state index is 5.90. The summed E-state index contributed by atoms with van der Waals surface area (Å²) in [5.41, 5.74) is 1.23. The molecule has 2 heterocycles. The molecule has 2 aliphatic rings. The van der Waals surface area contributed by atoms with Crippen LogP contribution in [0.1, 0.15) is 12.8 Å². The molecule has 3 rings (SSSR count). The van der Waals surface area contributed by atoms with Gasteiger partial charge < -0.3 is 19.1 Å². The van der Waals surface area contributed by atoms with E-state index in [1.807, 2.05) is 6.07 Å². The molecule has 4 heteroatoms. The lowest BCUT2D eigenvalue weighted by Gasteiger charge is -2.27. The van der Waals surface area contributed by atoms with Crippen LogP contribution in [0, 0.1) is 0 Å². The topological polar surface area (TPSA) is 30.9 Å². The molecule has 0 saturated carbocycles. The van der Waals surface area contributed by atoms with Gasteiger partial charge in [0.2, 0.25) is 0 Å². The van der Waals surface area contributed by atoms with Gasteiger partial charge in [-0.1, -0.05) is 0 Å². The van der Waals surface area contributed by atoms with Crippen LogP contribution < -0.4 is 14.4 Å². The number of hydrogen-bond donors (Lipinski definition) is 0. The average Bonchev–Trinajstić information content (AvgIpc) is 2.92. The summed E-state index contributed by atoms with van der Waals surface area (Å²) in [5.74, 6) is 1.68. The van der Waals surface area contributed by atoms with Crippen molar-refractivity contribution in [2.45, 2.75) is 18.9 Å². The van der Waals surface area contributed by atoms with Gasteiger partial charge in [-0.2, -0.15) is 0 Å². The first-order chi connectivity index (χ1) is 8.86. The van der Waals surface area contributed by atoms with Crippen molar-refractivity contribution in [2.24, 2.45) is 0 Å². The maximum Gasteiger partial charge on any atom is 0.163 e. The molecule has 0 amide bonds. The van der Waals surface area contributed by atoms with Crippen molar-refractivity contribution in [3.63, 3.8) is 0 Å². The molecule has 98 valence electrons. The molecule has 1 aromatic rings. The minimum Gasteiger partial charge on any atom is -0.486 e. The van der Waals surface area contributed by atoms with Gasteiger partial charge in [-0.05, 0) is 25.0 Å². The first-order valence-corrected chi connectivity index (χ1v) is 6.54. The summed E-state index contributed by atoms with van der Waals surface area (Å²) >= 11 is 0. The van der Waals surface area contributed by atoms with Gasteiger partial charge in [0.1, 0.15) is 6.61 Å². The van der Waals surface area contributed by atoms with Crippen molar-refractivity contribution in [3.8, 4) is 11.5 Å². The Labute approximate surface area is 107 Å². The molecule has 4 nitrogen and oxygen atoms in total. The highest BCUT2D eigenvalue weighted by Crippen LogP contribution is 2.36. The normalized spacial score (nSPS) is 22.3. The fourth-order valence-electron chi connectivity index (χ4n) is 2.54. The van der Waals surface area contributed by atoms with Gasteiger partial charge in [0, 0.05) is 32.0 Å². The van der Waals surface area contributed by atoms with E-state index in [2.05, 4.69) is 17.0 Å². The quantitative estimate of drug-likeness (QED) is 0.820. The summed E-state index contributed by atoms with van der Waals surface area (Å²) < 4.78 is 16.7. The SMILES string of the molecule is COCC1COc2ccc(N3CCCC3)cc2O1. The first-order valence-electron chi connectivity index (χ1n) is 6.54. The van der Waals surface area contributed by atoms with Crippen molar-refractivity contribution in [1.29, 1.82) is 0 Å². The fraction of sp³-hybridized carbons (Fsp3) is 0.571. The third-order valence-electron chi connectivity index (χ3n) is 3.47. The van der Waals surface area contributed by atoms with Gasteiger partial charge in [0.05, 0.1) is 6.61 Å². The van der Waals surface area contributed by atoms with E-state index in [0.717, 1.165) is 24.6 Å². The Morgan fingerprint density at radius 1 is 1.28 bits per heavy atom. The van der Waals surface area contributed by atoms with Gasteiger partial charge in [0.25, 0.3) is 0 Å². The molecule has 0 radical (unpaired) electrons. The molecular formula is C14H19NO3. The van der Waals surface area contributed by atoms with Crippen LogP contribution in [0.25, 0.3) is 0 Å². The van der Waals surface area contributed by atoms with E-state index < -0.39 is 0 Å². The maximum atomic E-state index is 5.90. The predicted molar refractivity (Wildman–Crippen MR) is 69.7 cm³/mol. The van der Waals surface area contributed by atoms with E-state index in [9.17, 15) is 0 Å². The second kappa shape index (κ2) is 5.06. The predicted octanol–water partition coefficient (Wildman–Crippen LogP) is 2.07. The Morgan fingerprint density at radius 2 is 2.11 bits per heavy atom. The van der Waals surface area contributed by atoms with E-state index in [1.165, 1.54) is 18.5 Å². The highest BCUT2D eigenvalue weighted by molar-refractivity contribution is 5.57. The highest BCUT2D eigenvalue weighted by Gasteiger charge is 2.22. The zero-order valence-corrected chi connectivity index (χ0v) is 10.7. The van der Waals surface area contributed by atoms with E-state index >= 15 is 0 Å². The molecule has 0 bridgehead atoms. The Morgan fingerprint density at radius 3 is 2.89 bits per heavy atom. The molecule has 1 atom stereocenters. The number of benzene rings is 1. The van der Waals surface area contributed by atoms with Crippen LogP contribution in [-0.2, 0) is 4.74 Å². The van der Waals surface area contributed by atoms with Crippen LogP contribution in [0.4, 0.5) is 5.69 Å². The van der Waals surface area contributed by atoms with E-state index in [4.69, 9.17) is 14.2 Å². The lowest BCUT2D eigenvalue weighted by atomic mass is 10.2. The molecule has 2 aliphatic heterocycles. The van der Waals surface area contributed by atoms with Crippen LogP contribution in [0.15, 0.2) is 18.2 Å². The molecule has 0 spiro atoms. The molecular weight excluding hydrogens is 230 g/mol. The fourth-order valence-corrected chi connectivity index (χ4v) is 2.54. The number of anilines is 1. The van der Waals surface area contributed by atoms with Crippen molar-refractivity contribution in [2.75, 3.05) is 38.3 Å². The van der Waals surface area contributed by atoms with Crippen LogP contribution in [0.5, 0.6) is 11.5 Å². The largest absolute Gasteiger partial charge is 0.486 e. The first kappa shape index (κ1) is 11.7. The minimum absolute atomic E-state index is 0.00340. The molecule has 1 saturated heterocycles. The summed E-state index contributed by atoms with van der Waals surface area (Å²) in [6.45, 7) is 3.40. The van der Waals surface area contributed by atoms with Gasteiger partial charge in [-0.15, -0.1) is 0 Å². The monoisotopic (exact) mass is 249 g/mol. The number of ether oxygens (including phenoxy) is 3. The number of fused-ring (bicyclic) bond motifs is 1. The number of rotatable bonds is 3. The standard InChI is InChI=1S/C14H19NO3/c1-16-9-12-10-17-13-5-4-11(8-14(13)18-12)15-6-2-3-7-15/h4-5,8,12H,2-3,6-7,9-10H2,1H3. The number of hydrogen-bond acceptors (Lipinski definition) is 4. The minimum atomic E-state index is -0.00340. The lowest BCUT2D eigenvalue weighted by molar-refractivity contribution is 0.0272. The molecule has 1 aromatic carbocycles. The Bertz CT molecular complexity index is 416. The van der Waals surface area contributed by atoms with Gasteiger partial charge in [-0.25, -0.2) is 0 Å². The molecule has 18 heavy (non-hydrogen) atoms. The Balaban J connectivity index is 1.78. The molecule has 1 unspecified atom stereocenters. The summed E-state index contributed by atoms with van der Waals surface area (Å²) in [5, 5.41) is 0. The van der Waals surface area contributed by atoms with Crippen LogP contribution >= 0.6 is 0 Å². The smallest absolute Gasteiger partial charge is 0.163 e. The van der Waals surface area contributed by atoms with Crippen molar-refractivity contribution in [3.05, 3.63) is 18.2 Å². The van der Waals surface area contributed by atoms with Crippen molar-refractivity contribution < 1.29 is 14.2 Å². The highest BCUT2D eigenvalue weighted by atomic mass is 16.6. The average molecular weight is 249 g/mol. The van der Waals surface area contributed by atoms with Crippen molar-refractivity contribution >= 4 is 5.69 Å². The Kier molecular flexibility index (Phi) is 3.28. The summed E-state index contributed by atoms with van der Waals surface area (Å²) in [7, 11) is 1.68. The van der Waals surface area contributed by atoms with E-state index in [1.54, 1.807) is 7.11 Å². The lowest BCUT2D eigenvalue weighted by Crippen LogP contribution is -2.33. The number of methoxy groups -OCH3 is 1. The summed E-state index contributed by atoms with van der Waals surface area (Å²) in [6, 6.07) is 6.21. The molecule has 0 N–H and O–H groups in total. The van der Waals surface area contributed by atoms with Crippen LogP contribution in [-0.4, -0.2) is 39.5 Å². The van der Waals surface area contributed by atoms with Crippen molar-refractivity contribution in [1.82, 2.24) is 0 Å². The molecule has 0 aromatic heterocycles. The van der Waals surface area contributed by atoms with Crippen LogP contribution in [0.2, 0.25) is 0 Å². The molecule has 0 aliphatic carbocycles. The zero-order valence-electron chi connectivity index (χ0n) is 10.7. The van der Waals surface area contributed by atoms with Gasteiger partial charge >= 0.3 is 0 Å². The second-order valence-electron chi connectivity index (χ2n) is 4.83.